The molecule has 2 heterocycles. The number of anilines is 1. The fourth-order valence-electron chi connectivity index (χ4n) is 3.78. The van der Waals surface area contributed by atoms with Crippen molar-refractivity contribution in [3.63, 3.8) is 0 Å². The Labute approximate surface area is 160 Å². The molecule has 2 amide bonds. The molecule has 3 fully saturated rings. The summed E-state index contributed by atoms with van der Waals surface area (Å²) in [5, 5.41) is 2.96. The van der Waals surface area contributed by atoms with Crippen LogP contribution in [0.15, 0.2) is 18.3 Å². The lowest BCUT2D eigenvalue weighted by Gasteiger charge is -2.54. The van der Waals surface area contributed by atoms with Crippen LogP contribution >= 0.6 is 0 Å². The Morgan fingerprint density at radius 3 is 2.41 bits per heavy atom. The van der Waals surface area contributed by atoms with Crippen LogP contribution in [-0.4, -0.2) is 58.7 Å². The number of carbonyl (C=O) groups is 2. The molecular formula is C20H28N4O3. The molecule has 1 aromatic heterocycles. The molecule has 0 spiro atoms. The quantitative estimate of drug-likeness (QED) is 0.883. The highest BCUT2D eigenvalue weighted by Gasteiger charge is 2.46. The molecule has 0 bridgehead atoms. The number of aromatic nitrogens is 1. The second-order valence-corrected chi connectivity index (χ2v) is 8.73. The van der Waals surface area contributed by atoms with Crippen molar-refractivity contribution in [2.75, 3.05) is 18.0 Å². The molecule has 2 aliphatic carbocycles. The van der Waals surface area contributed by atoms with E-state index in [2.05, 4.69) is 15.2 Å². The second-order valence-electron chi connectivity index (χ2n) is 8.73. The van der Waals surface area contributed by atoms with Crippen molar-refractivity contribution in [3.8, 4) is 0 Å². The monoisotopic (exact) mass is 372 g/mol. The van der Waals surface area contributed by atoms with Crippen molar-refractivity contribution in [3.05, 3.63) is 24.0 Å². The van der Waals surface area contributed by atoms with E-state index in [-0.39, 0.29) is 18.0 Å². The fourth-order valence-corrected chi connectivity index (χ4v) is 3.78. The minimum atomic E-state index is -0.478. The molecule has 2 saturated carbocycles. The van der Waals surface area contributed by atoms with Crippen LogP contribution < -0.4 is 10.2 Å². The predicted molar refractivity (Wildman–Crippen MR) is 102 cm³/mol. The van der Waals surface area contributed by atoms with Crippen molar-refractivity contribution in [2.45, 2.75) is 70.2 Å². The Morgan fingerprint density at radius 2 is 1.85 bits per heavy atom. The lowest BCUT2D eigenvalue weighted by Crippen LogP contribution is -2.66. The number of amides is 2. The zero-order valence-electron chi connectivity index (χ0n) is 16.3. The summed E-state index contributed by atoms with van der Waals surface area (Å²) in [6.45, 7) is 7.07. The summed E-state index contributed by atoms with van der Waals surface area (Å²) in [6.07, 6.45) is 5.73. The molecule has 0 unspecified atom stereocenters. The number of nitrogens with zero attached hydrogens (tertiary/aromatic N) is 3. The van der Waals surface area contributed by atoms with Gasteiger partial charge in [0.25, 0.3) is 5.91 Å². The van der Waals surface area contributed by atoms with Gasteiger partial charge in [0.2, 0.25) is 0 Å². The van der Waals surface area contributed by atoms with Gasteiger partial charge in [-0.25, -0.2) is 9.78 Å². The second kappa shape index (κ2) is 6.69. The van der Waals surface area contributed by atoms with Crippen molar-refractivity contribution < 1.29 is 14.3 Å². The van der Waals surface area contributed by atoms with Gasteiger partial charge in [-0.2, -0.15) is 0 Å². The Hall–Kier alpha value is -2.31. The van der Waals surface area contributed by atoms with Crippen LogP contribution in [0.3, 0.4) is 0 Å². The Balaban J connectivity index is 1.41. The topological polar surface area (TPSA) is 74.8 Å². The van der Waals surface area contributed by atoms with Gasteiger partial charge in [0.1, 0.15) is 11.3 Å². The molecule has 7 heteroatoms. The highest BCUT2D eigenvalue weighted by atomic mass is 16.6. The number of piperazine rings is 1. The summed E-state index contributed by atoms with van der Waals surface area (Å²) in [7, 11) is 0. The van der Waals surface area contributed by atoms with E-state index < -0.39 is 5.60 Å². The zero-order valence-corrected chi connectivity index (χ0v) is 16.3. The lowest BCUT2D eigenvalue weighted by atomic mass is 9.81. The van der Waals surface area contributed by atoms with Gasteiger partial charge in [0.05, 0.1) is 17.9 Å². The van der Waals surface area contributed by atoms with Gasteiger partial charge in [-0.1, -0.05) is 0 Å². The third kappa shape index (κ3) is 3.87. The molecule has 27 heavy (non-hydrogen) atoms. The smallest absolute Gasteiger partial charge is 0.410 e. The summed E-state index contributed by atoms with van der Waals surface area (Å²) in [5.41, 5.74) is 0.994. The standard InChI is InChI=1S/C20H28N4O3/c1-20(2,3)27-19(26)24-11-10-23(16-8-9-17(16)24)14-6-7-15(21-12-14)18(25)22-13-4-5-13/h6-7,12-13,16-17H,4-5,8-11H2,1-3H3,(H,22,25)/t16-,17+/m0/s1. The first-order valence-corrected chi connectivity index (χ1v) is 9.85. The molecule has 7 nitrogen and oxygen atoms in total. The number of carbonyl (C=O) groups excluding carboxylic acids is 2. The van der Waals surface area contributed by atoms with Gasteiger partial charge in [0, 0.05) is 25.2 Å². The van der Waals surface area contributed by atoms with E-state index in [1.54, 1.807) is 12.3 Å². The normalized spacial score (nSPS) is 24.7. The van der Waals surface area contributed by atoms with Gasteiger partial charge in [-0.15, -0.1) is 0 Å². The molecule has 1 aromatic rings. The summed E-state index contributed by atoms with van der Waals surface area (Å²) >= 11 is 0. The minimum absolute atomic E-state index is 0.0969. The van der Waals surface area contributed by atoms with Crippen LogP contribution in [0.4, 0.5) is 10.5 Å². The number of fused-ring (bicyclic) bond motifs is 1. The summed E-state index contributed by atoms with van der Waals surface area (Å²) in [5.74, 6) is -0.0969. The van der Waals surface area contributed by atoms with E-state index >= 15 is 0 Å². The Kier molecular flexibility index (Phi) is 4.48. The molecule has 0 radical (unpaired) electrons. The highest BCUT2D eigenvalue weighted by molar-refractivity contribution is 5.92. The number of pyridine rings is 1. The summed E-state index contributed by atoms with van der Waals surface area (Å²) in [6, 6.07) is 4.56. The van der Waals surface area contributed by atoms with Crippen LogP contribution in [0.25, 0.3) is 0 Å². The van der Waals surface area contributed by atoms with Crippen LogP contribution in [0, 0.1) is 0 Å². The van der Waals surface area contributed by atoms with Crippen molar-refractivity contribution in [1.29, 1.82) is 0 Å². The number of nitrogens with one attached hydrogen (secondary N) is 1. The molecule has 2 atom stereocenters. The van der Waals surface area contributed by atoms with Crippen LogP contribution in [0.5, 0.6) is 0 Å². The molecule has 1 saturated heterocycles. The first-order valence-electron chi connectivity index (χ1n) is 9.85. The van der Waals surface area contributed by atoms with E-state index in [1.807, 2.05) is 31.7 Å². The fraction of sp³-hybridized carbons (Fsp3) is 0.650. The maximum Gasteiger partial charge on any atom is 0.410 e. The molecule has 146 valence electrons. The van der Waals surface area contributed by atoms with Gasteiger partial charge < -0.3 is 19.9 Å². The van der Waals surface area contributed by atoms with Gasteiger partial charge >= 0.3 is 6.09 Å². The molecule has 1 N–H and O–H groups in total. The average molecular weight is 372 g/mol. The van der Waals surface area contributed by atoms with Crippen molar-refractivity contribution in [2.24, 2.45) is 0 Å². The van der Waals surface area contributed by atoms with Gasteiger partial charge in [-0.3, -0.25) is 4.79 Å². The van der Waals surface area contributed by atoms with E-state index in [4.69, 9.17) is 4.74 Å². The number of ether oxygens (including phenoxy) is 1. The van der Waals surface area contributed by atoms with Crippen LogP contribution in [-0.2, 0) is 4.74 Å². The highest BCUT2D eigenvalue weighted by Crippen LogP contribution is 2.37. The Bertz CT molecular complexity index is 724. The summed E-state index contributed by atoms with van der Waals surface area (Å²) < 4.78 is 5.56. The molecular weight excluding hydrogens is 344 g/mol. The number of hydrogen-bond acceptors (Lipinski definition) is 5. The Morgan fingerprint density at radius 1 is 1.11 bits per heavy atom. The first kappa shape index (κ1) is 18.1. The minimum Gasteiger partial charge on any atom is -0.444 e. The SMILES string of the molecule is CC(C)(C)OC(=O)N1CCN(c2ccc(C(=O)NC3CC3)nc2)[C@H]2CC[C@H]21. The molecule has 3 aliphatic rings. The van der Waals surface area contributed by atoms with Gasteiger partial charge in [-0.05, 0) is 58.6 Å². The lowest BCUT2D eigenvalue weighted by molar-refractivity contribution is -0.00446. The largest absolute Gasteiger partial charge is 0.444 e. The van der Waals surface area contributed by atoms with Crippen molar-refractivity contribution in [1.82, 2.24) is 15.2 Å². The first-order chi connectivity index (χ1) is 12.8. The summed E-state index contributed by atoms with van der Waals surface area (Å²) in [4.78, 5) is 33.1. The van der Waals surface area contributed by atoms with E-state index in [0.717, 1.165) is 37.9 Å². The molecule has 1 aliphatic heterocycles. The average Bonchev–Trinajstić information content (AvgIpc) is 3.37. The predicted octanol–water partition coefficient (Wildman–Crippen LogP) is 2.56. The molecule has 0 aromatic carbocycles. The third-order valence-corrected chi connectivity index (χ3v) is 5.44. The van der Waals surface area contributed by atoms with E-state index in [0.29, 0.717) is 24.3 Å². The maximum absolute atomic E-state index is 12.5. The van der Waals surface area contributed by atoms with Gasteiger partial charge in [0.15, 0.2) is 0 Å². The van der Waals surface area contributed by atoms with E-state index in [9.17, 15) is 9.59 Å². The number of hydrogen-bond donors (Lipinski definition) is 1. The van der Waals surface area contributed by atoms with E-state index in [1.165, 1.54) is 0 Å². The maximum atomic E-state index is 12.5. The van der Waals surface area contributed by atoms with Crippen LogP contribution in [0.1, 0.15) is 56.9 Å². The van der Waals surface area contributed by atoms with Crippen LogP contribution in [0.2, 0.25) is 0 Å². The van der Waals surface area contributed by atoms with Crippen molar-refractivity contribution >= 4 is 17.7 Å². The number of rotatable bonds is 3. The third-order valence-electron chi connectivity index (χ3n) is 5.44. The molecule has 4 rings (SSSR count). The zero-order chi connectivity index (χ0) is 19.2.